The topological polar surface area (TPSA) is 63.7 Å². The van der Waals surface area contributed by atoms with Gasteiger partial charge < -0.3 is 4.74 Å². The van der Waals surface area contributed by atoms with Crippen molar-refractivity contribution in [2.45, 2.75) is 50.4 Å². The summed E-state index contributed by atoms with van der Waals surface area (Å²) in [7, 11) is -3.05. The largest absolute Gasteiger partial charge is 0.368 e. The van der Waals surface area contributed by atoms with Crippen molar-refractivity contribution in [2.75, 3.05) is 32.5 Å². The van der Waals surface area contributed by atoms with Crippen molar-refractivity contribution in [1.82, 2.24) is 4.90 Å². The third kappa shape index (κ3) is 4.50. The van der Waals surface area contributed by atoms with Gasteiger partial charge in [0.15, 0.2) is 5.78 Å². The summed E-state index contributed by atoms with van der Waals surface area (Å²) in [5.41, 5.74) is 0. The molecular weight excluding hydrogens is 290 g/mol. The fourth-order valence-corrected chi connectivity index (χ4v) is 4.63. The first-order valence-corrected chi connectivity index (χ1v) is 9.93. The molecule has 122 valence electrons. The van der Waals surface area contributed by atoms with Crippen molar-refractivity contribution in [3.8, 4) is 0 Å². The molecule has 1 aliphatic heterocycles. The van der Waals surface area contributed by atoms with Crippen LogP contribution in [0.25, 0.3) is 0 Å². The maximum absolute atomic E-state index is 12.6. The van der Waals surface area contributed by atoms with Gasteiger partial charge in [-0.2, -0.15) is 0 Å². The summed E-state index contributed by atoms with van der Waals surface area (Å²) in [6.07, 6.45) is 4.78. The van der Waals surface area contributed by atoms with E-state index in [2.05, 4.69) is 11.8 Å². The Labute approximate surface area is 127 Å². The van der Waals surface area contributed by atoms with Crippen molar-refractivity contribution in [2.24, 2.45) is 5.92 Å². The van der Waals surface area contributed by atoms with Gasteiger partial charge in [0.25, 0.3) is 0 Å². The normalized spacial score (nSPS) is 32.0. The summed E-state index contributed by atoms with van der Waals surface area (Å²) < 4.78 is 29.1. The van der Waals surface area contributed by atoms with E-state index < -0.39 is 9.84 Å². The molecule has 0 N–H and O–H groups in total. The van der Waals surface area contributed by atoms with Gasteiger partial charge in [0.2, 0.25) is 0 Å². The van der Waals surface area contributed by atoms with Gasteiger partial charge in [-0.05, 0) is 32.2 Å². The summed E-state index contributed by atoms with van der Waals surface area (Å²) in [4.78, 5) is 14.9. The summed E-state index contributed by atoms with van der Waals surface area (Å²) in [6, 6.07) is 0. The van der Waals surface area contributed by atoms with Gasteiger partial charge in [-0.1, -0.05) is 13.3 Å². The van der Waals surface area contributed by atoms with Crippen LogP contribution >= 0.6 is 0 Å². The number of carbonyl (C=O) groups excluding carboxylic acids is 1. The van der Waals surface area contributed by atoms with Crippen LogP contribution in [-0.4, -0.2) is 63.0 Å². The number of carbonyl (C=O) groups is 1. The summed E-state index contributed by atoms with van der Waals surface area (Å²) in [6.45, 7) is 5.26. The molecule has 0 bridgehead atoms. The quantitative estimate of drug-likeness (QED) is 0.764. The van der Waals surface area contributed by atoms with Crippen molar-refractivity contribution in [3.63, 3.8) is 0 Å². The number of hydrogen-bond acceptors (Lipinski definition) is 5. The number of sulfone groups is 1. The van der Waals surface area contributed by atoms with E-state index in [0.717, 1.165) is 32.4 Å². The molecule has 21 heavy (non-hydrogen) atoms. The van der Waals surface area contributed by atoms with Crippen LogP contribution in [0.2, 0.25) is 0 Å². The standard InChI is InChI=1S/C15H27NO4S/c1-3-7-16-8-9-20-14(11-16)15(17)12-5-4-6-13(10-12)21(2,18)19/h12-14H,3-11H2,1-2H3. The van der Waals surface area contributed by atoms with Crippen LogP contribution in [0.5, 0.6) is 0 Å². The van der Waals surface area contributed by atoms with E-state index in [1.807, 2.05) is 0 Å². The molecular formula is C15H27NO4S. The molecule has 2 rings (SSSR count). The van der Waals surface area contributed by atoms with Crippen molar-refractivity contribution in [1.29, 1.82) is 0 Å². The molecule has 0 amide bonds. The molecule has 1 saturated heterocycles. The number of nitrogens with zero attached hydrogens (tertiary/aromatic N) is 1. The third-order valence-corrected chi connectivity index (χ3v) is 6.28. The van der Waals surface area contributed by atoms with Crippen LogP contribution in [0.1, 0.15) is 39.0 Å². The Bertz CT molecular complexity index is 460. The average Bonchev–Trinajstić information content (AvgIpc) is 2.46. The number of hydrogen-bond donors (Lipinski definition) is 0. The molecule has 1 heterocycles. The molecule has 0 aromatic rings. The zero-order valence-electron chi connectivity index (χ0n) is 13.1. The Morgan fingerprint density at radius 3 is 2.76 bits per heavy atom. The monoisotopic (exact) mass is 317 g/mol. The minimum atomic E-state index is -3.05. The zero-order chi connectivity index (χ0) is 15.5. The van der Waals surface area contributed by atoms with E-state index in [1.54, 1.807) is 0 Å². The molecule has 6 heteroatoms. The molecule has 1 aliphatic carbocycles. The van der Waals surface area contributed by atoms with E-state index in [0.29, 0.717) is 26.0 Å². The lowest BCUT2D eigenvalue weighted by atomic mass is 9.84. The Morgan fingerprint density at radius 2 is 2.10 bits per heavy atom. The molecule has 2 fully saturated rings. The molecule has 3 unspecified atom stereocenters. The summed E-state index contributed by atoms with van der Waals surface area (Å²) in [5.74, 6) is -0.0331. The number of ketones is 1. The number of rotatable bonds is 5. The lowest BCUT2D eigenvalue weighted by molar-refractivity contribution is -0.141. The van der Waals surface area contributed by atoms with Gasteiger partial charge in [0, 0.05) is 25.3 Å². The molecule has 5 nitrogen and oxygen atoms in total. The molecule has 3 atom stereocenters. The Hall–Kier alpha value is -0.460. The lowest BCUT2D eigenvalue weighted by Gasteiger charge is -2.35. The van der Waals surface area contributed by atoms with Gasteiger partial charge in [-0.3, -0.25) is 9.69 Å². The van der Waals surface area contributed by atoms with E-state index in [9.17, 15) is 13.2 Å². The smallest absolute Gasteiger partial charge is 0.165 e. The number of Topliss-reactive ketones (excluding diaryl/α,β-unsaturated/α-hetero) is 1. The Morgan fingerprint density at radius 1 is 1.33 bits per heavy atom. The van der Waals surface area contributed by atoms with E-state index in [1.165, 1.54) is 6.26 Å². The first kappa shape index (κ1) is 16.9. The number of morpholine rings is 1. The van der Waals surface area contributed by atoms with Crippen molar-refractivity contribution >= 4 is 15.6 Å². The van der Waals surface area contributed by atoms with Gasteiger partial charge in [-0.15, -0.1) is 0 Å². The van der Waals surface area contributed by atoms with Gasteiger partial charge in [0.05, 0.1) is 11.9 Å². The second kappa shape index (κ2) is 7.20. The predicted octanol–water partition coefficient (Wildman–Crippen LogP) is 1.27. The molecule has 0 spiro atoms. The minimum absolute atomic E-state index is 0.115. The fourth-order valence-electron chi connectivity index (χ4n) is 3.45. The molecule has 0 aromatic heterocycles. The number of ether oxygens (including phenoxy) is 1. The second-order valence-electron chi connectivity index (χ2n) is 6.38. The highest BCUT2D eigenvalue weighted by Crippen LogP contribution is 2.30. The predicted molar refractivity (Wildman–Crippen MR) is 82.1 cm³/mol. The summed E-state index contributed by atoms with van der Waals surface area (Å²) >= 11 is 0. The molecule has 0 aromatic carbocycles. The Balaban J connectivity index is 1.96. The molecule has 1 saturated carbocycles. The highest BCUT2D eigenvalue weighted by Gasteiger charge is 2.37. The molecule has 0 radical (unpaired) electrons. The maximum atomic E-state index is 12.6. The highest BCUT2D eigenvalue weighted by molar-refractivity contribution is 7.91. The van der Waals surface area contributed by atoms with Crippen LogP contribution in [0.3, 0.4) is 0 Å². The van der Waals surface area contributed by atoms with Gasteiger partial charge >= 0.3 is 0 Å². The SMILES string of the molecule is CCCN1CCOC(C(=O)C2CCCC(S(C)(=O)=O)C2)C1. The fraction of sp³-hybridized carbons (Fsp3) is 0.933. The Kier molecular flexibility index (Phi) is 5.80. The van der Waals surface area contributed by atoms with Crippen LogP contribution in [0, 0.1) is 5.92 Å². The van der Waals surface area contributed by atoms with Crippen molar-refractivity contribution < 1.29 is 17.9 Å². The first-order valence-electron chi connectivity index (χ1n) is 7.98. The zero-order valence-corrected chi connectivity index (χ0v) is 13.9. The lowest BCUT2D eigenvalue weighted by Crippen LogP contribution is -2.48. The maximum Gasteiger partial charge on any atom is 0.165 e. The first-order chi connectivity index (χ1) is 9.91. The highest BCUT2D eigenvalue weighted by atomic mass is 32.2. The summed E-state index contributed by atoms with van der Waals surface area (Å²) in [5, 5.41) is -0.351. The molecule has 2 aliphatic rings. The van der Waals surface area contributed by atoms with E-state index >= 15 is 0 Å². The van der Waals surface area contributed by atoms with Crippen molar-refractivity contribution in [3.05, 3.63) is 0 Å². The van der Waals surface area contributed by atoms with E-state index in [-0.39, 0.29) is 23.1 Å². The third-order valence-electron chi connectivity index (χ3n) is 4.64. The van der Waals surface area contributed by atoms with Crippen LogP contribution in [0.4, 0.5) is 0 Å². The van der Waals surface area contributed by atoms with Crippen LogP contribution in [0.15, 0.2) is 0 Å². The average molecular weight is 317 g/mol. The minimum Gasteiger partial charge on any atom is -0.368 e. The van der Waals surface area contributed by atoms with E-state index in [4.69, 9.17) is 4.74 Å². The van der Waals surface area contributed by atoms with Gasteiger partial charge in [0.1, 0.15) is 15.9 Å². The van der Waals surface area contributed by atoms with Crippen LogP contribution in [-0.2, 0) is 19.4 Å². The van der Waals surface area contributed by atoms with Gasteiger partial charge in [-0.25, -0.2) is 8.42 Å². The van der Waals surface area contributed by atoms with Crippen LogP contribution < -0.4 is 0 Å². The second-order valence-corrected chi connectivity index (χ2v) is 8.70.